The molecule has 4 nitrogen and oxygen atoms in total. The number of carbonyl (C=O) groups is 1. The first-order valence-corrected chi connectivity index (χ1v) is 8.33. The summed E-state index contributed by atoms with van der Waals surface area (Å²) in [4.78, 5) is 16.7. The highest BCUT2D eigenvalue weighted by molar-refractivity contribution is 6.32. The SMILES string of the molecule is O=C1CCC[C@H]1Cc1nc(C2CC2)nn1-c1ccccc1Cl. The summed E-state index contributed by atoms with van der Waals surface area (Å²) in [6, 6.07) is 7.67. The monoisotopic (exact) mass is 315 g/mol. The lowest BCUT2D eigenvalue weighted by Crippen LogP contribution is -2.14. The van der Waals surface area contributed by atoms with Gasteiger partial charge in [-0.2, -0.15) is 5.10 Å². The van der Waals surface area contributed by atoms with E-state index in [4.69, 9.17) is 16.6 Å². The van der Waals surface area contributed by atoms with E-state index >= 15 is 0 Å². The number of halogens is 1. The number of Topliss-reactive ketones (excluding diaryl/α,β-unsaturated/α-hetero) is 1. The number of hydrogen-bond donors (Lipinski definition) is 0. The topological polar surface area (TPSA) is 47.8 Å². The van der Waals surface area contributed by atoms with E-state index in [1.807, 2.05) is 28.9 Å². The van der Waals surface area contributed by atoms with Crippen LogP contribution in [0, 0.1) is 5.92 Å². The molecule has 0 bridgehead atoms. The van der Waals surface area contributed by atoms with Crippen LogP contribution in [0.15, 0.2) is 24.3 Å². The van der Waals surface area contributed by atoms with Crippen molar-refractivity contribution in [2.75, 3.05) is 0 Å². The second-order valence-corrected chi connectivity index (χ2v) is 6.69. The second-order valence-electron chi connectivity index (χ2n) is 6.28. The third-order valence-corrected chi connectivity index (χ3v) is 4.89. The third-order valence-electron chi connectivity index (χ3n) is 4.57. The van der Waals surface area contributed by atoms with E-state index in [0.717, 1.165) is 43.0 Å². The molecule has 2 aliphatic rings. The molecular weight excluding hydrogens is 298 g/mol. The first-order chi connectivity index (χ1) is 10.7. The van der Waals surface area contributed by atoms with Crippen molar-refractivity contribution in [3.8, 4) is 5.69 Å². The van der Waals surface area contributed by atoms with Gasteiger partial charge in [-0.05, 0) is 37.8 Å². The smallest absolute Gasteiger partial charge is 0.154 e. The summed E-state index contributed by atoms with van der Waals surface area (Å²) in [6.45, 7) is 0. The van der Waals surface area contributed by atoms with Crippen molar-refractivity contribution in [1.29, 1.82) is 0 Å². The number of para-hydroxylation sites is 1. The van der Waals surface area contributed by atoms with Crippen molar-refractivity contribution >= 4 is 17.4 Å². The van der Waals surface area contributed by atoms with Gasteiger partial charge < -0.3 is 0 Å². The quantitative estimate of drug-likeness (QED) is 0.864. The highest BCUT2D eigenvalue weighted by atomic mass is 35.5. The van der Waals surface area contributed by atoms with E-state index in [1.54, 1.807) is 0 Å². The molecule has 2 fully saturated rings. The molecule has 0 unspecified atom stereocenters. The fourth-order valence-corrected chi connectivity index (χ4v) is 3.36. The Labute approximate surface area is 134 Å². The number of rotatable bonds is 4. The zero-order chi connectivity index (χ0) is 15.1. The molecule has 0 spiro atoms. The lowest BCUT2D eigenvalue weighted by atomic mass is 10.0. The van der Waals surface area contributed by atoms with Gasteiger partial charge in [0.15, 0.2) is 5.82 Å². The van der Waals surface area contributed by atoms with Gasteiger partial charge in [0, 0.05) is 24.7 Å². The third kappa shape index (κ3) is 2.56. The number of ketones is 1. The summed E-state index contributed by atoms with van der Waals surface area (Å²) >= 11 is 6.32. The van der Waals surface area contributed by atoms with Crippen molar-refractivity contribution in [3.63, 3.8) is 0 Å². The highest BCUT2D eigenvalue weighted by Gasteiger charge is 2.31. The molecule has 2 saturated carbocycles. The van der Waals surface area contributed by atoms with Gasteiger partial charge in [-0.15, -0.1) is 0 Å². The molecule has 1 aromatic heterocycles. The molecule has 0 saturated heterocycles. The predicted molar refractivity (Wildman–Crippen MR) is 84.4 cm³/mol. The van der Waals surface area contributed by atoms with Gasteiger partial charge in [0.25, 0.3) is 0 Å². The molecule has 22 heavy (non-hydrogen) atoms. The zero-order valence-corrected chi connectivity index (χ0v) is 13.1. The van der Waals surface area contributed by atoms with E-state index in [1.165, 1.54) is 0 Å². The van der Waals surface area contributed by atoms with Gasteiger partial charge in [0.2, 0.25) is 0 Å². The largest absolute Gasteiger partial charge is 0.299 e. The van der Waals surface area contributed by atoms with Crippen molar-refractivity contribution in [3.05, 3.63) is 40.9 Å². The predicted octanol–water partition coefficient (Wildman–Crippen LogP) is 3.71. The molecule has 0 amide bonds. The molecular formula is C17H18ClN3O. The molecule has 5 heteroatoms. The standard InChI is InChI=1S/C17H18ClN3O/c18-13-5-1-2-6-14(13)21-16(10-12-4-3-7-15(12)22)19-17(20-21)11-8-9-11/h1-2,5-6,11-12H,3-4,7-10H2/t12-/m0/s1. The number of benzene rings is 1. The Hall–Kier alpha value is -1.68. The highest BCUT2D eigenvalue weighted by Crippen LogP contribution is 2.39. The van der Waals surface area contributed by atoms with Crippen LogP contribution in [0.3, 0.4) is 0 Å². The molecule has 1 heterocycles. The normalized spacial score (nSPS) is 21.5. The van der Waals surface area contributed by atoms with Crippen molar-refractivity contribution < 1.29 is 4.79 Å². The van der Waals surface area contributed by atoms with Crippen LogP contribution < -0.4 is 0 Å². The van der Waals surface area contributed by atoms with Crippen molar-refractivity contribution in [2.45, 2.75) is 44.4 Å². The molecule has 0 N–H and O–H groups in total. The van der Waals surface area contributed by atoms with E-state index in [-0.39, 0.29) is 5.92 Å². The fraction of sp³-hybridized carbons (Fsp3) is 0.471. The maximum Gasteiger partial charge on any atom is 0.154 e. The number of carbonyl (C=O) groups excluding carboxylic acids is 1. The summed E-state index contributed by atoms with van der Waals surface area (Å²) in [5.41, 5.74) is 0.851. The van der Waals surface area contributed by atoms with Crippen LogP contribution in [0.4, 0.5) is 0 Å². The van der Waals surface area contributed by atoms with Crippen molar-refractivity contribution in [1.82, 2.24) is 14.8 Å². The van der Waals surface area contributed by atoms with Gasteiger partial charge in [0.1, 0.15) is 11.6 Å². The Morgan fingerprint density at radius 1 is 1.23 bits per heavy atom. The van der Waals surface area contributed by atoms with Gasteiger partial charge in [-0.1, -0.05) is 23.7 Å². The van der Waals surface area contributed by atoms with E-state index in [2.05, 4.69) is 5.10 Å². The van der Waals surface area contributed by atoms with Gasteiger partial charge >= 0.3 is 0 Å². The lowest BCUT2D eigenvalue weighted by Gasteiger charge is -2.10. The van der Waals surface area contributed by atoms with Crippen LogP contribution in [0.2, 0.25) is 5.02 Å². The molecule has 2 aliphatic carbocycles. The minimum Gasteiger partial charge on any atom is -0.299 e. The molecule has 0 aliphatic heterocycles. The minimum absolute atomic E-state index is 0.0949. The molecule has 114 valence electrons. The van der Waals surface area contributed by atoms with Gasteiger partial charge in [-0.3, -0.25) is 4.79 Å². The lowest BCUT2D eigenvalue weighted by molar-refractivity contribution is -0.120. The maximum absolute atomic E-state index is 12.0. The number of hydrogen-bond acceptors (Lipinski definition) is 3. The van der Waals surface area contributed by atoms with Gasteiger partial charge in [-0.25, -0.2) is 9.67 Å². The van der Waals surface area contributed by atoms with E-state index in [0.29, 0.717) is 29.6 Å². The molecule has 2 aromatic rings. The Kier molecular flexibility index (Phi) is 3.49. The summed E-state index contributed by atoms with van der Waals surface area (Å²) in [5, 5.41) is 5.34. The average Bonchev–Trinajstić information content (AvgIpc) is 3.17. The Morgan fingerprint density at radius 2 is 2.05 bits per heavy atom. The van der Waals surface area contributed by atoms with Gasteiger partial charge in [0.05, 0.1) is 10.7 Å². The number of aromatic nitrogens is 3. The summed E-state index contributed by atoms with van der Waals surface area (Å²) < 4.78 is 1.85. The van der Waals surface area contributed by atoms with Crippen LogP contribution >= 0.6 is 11.6 Å². The maximum atomic E-state index is 12.0. The summed E-state index contributed by atoms with van der Waals surface area (Å²) in [5.74, 6) is 2.72. The zero-order valence-electron chi connectivity index (χ0n) is 12.3. The van der Waals surface area contributed by atoms with E-state index < -0.39 is 0 Å². The Balaban J connectivity index is 1.72. The first kappa shape index (κ1) is 13.9. The Bertz CT molecular complexity index is 720. The summed E-state index contributed by atoms with van der Waals surface area (Å²) in [6.07, 6.45) is 5.67. The molecule has 1 aromatic carbocycles. The average molecular weight is 316 g/mol. The minimum atomic E-state index is 0.0949. The number of nitrogens with zero attached hydrogens (tertiary/aromatic N) is 3. The summed E-state index contributed by atoms with van der Waals surface area (Å²) in [7, 11) is 0. The van der Waals surface area contributed by atoms with Crippen molar-refractivity contribution in [2.24, 2.45) is 5.92 Å². The Morgan fingerprint density at radius 3 is 2.73 bits per heavy atom. The molecule has 4 rings (SSSR count). The van der Waals surface area contributed by atoms with Crippen LogP contribution in [0.1, 0.15) is 49.7 Å². The van der Waals surface area contributed by atoms with Crippen LogP contribution in [0.25, 0.3) is 5.69 Å². The molecule has 0 radical (unpaired) electrons. The second kappa shape index (κ2) is 5.51. The molecule has 1 atom stereocenters. The van der Waals surface area contributed by atoms with Crippen LogP contribution in [0.5, 0.6) is 0 Å². The van der Waals surface area contributed by atoms with E-state index in [9.17, 15) is 4.79 Å². The van der Waals surface area contributed by atoms with Crippen LogP contribution in [-0.2, 0) is 11.2 Å². The fourth-order valence-electron chi connectivity index (χ4n) is 3.15. The van der Waals surface area contributed by atoms with Crippen LogP contribution in [-0.4, -0.2) is 20.5 Å². The first-order valence-electron chi connectivity index (χ1n) is 7.96.